The van der Waals surface area contributed by atoms with Gasteiger partial charge in [-0.2, -0.15) is 0 Å². The van der Waals surface area contributed by atoms with Gasteiger partial charge in [0.1, 0.15) is 0 Å². The number of ether oxygens (including phenoxy) is 8. The Bertz CT molecular complexity index is 1100. The van der Waals surface area contributed by atoms with E-state index in [-0.39, 0.29) is 5.41 Å². The number of hydrogen-bond donors (Lipinski definition) is 0. The zero-order chi connectivity index (χ0) is 39.7. The molecule has 0 N–H and O–H groups in total. The van der Waals surface area contributed by atoms with Crippen LogP contribution in [0.1, 0.15) is 126 Å². The van der Waals surface area contributed by atoms with Crippen molar-refractivity contribution in [3.8, 4) is 0 Å². The maximum atomic E-state index is 6.14. The molecule has 8 nitrogen and oxygen atoms in total. The monoisotopic (exact) mass is 771 g/mol. The average Bonchev–Trinajstić information content (AvgIpc) is 3.19. The molecule has 8 heteroatoms. The molecule has 0 saturated carbocycles. The number of benzene rings is 2. The van der Waals surface area contributed by atoms with Crippen LogP contribution in [0, 0.1) is 12.1 Å². The third-order valence-electron chi connectivity index (χ3n) is 9.78. The fourth-order valence-electron chi connectivity index (χ4n) is 6.46. The van der Waals surface area contributed by atoms with Gasteiger partial charge in [0.15, 0.2) is 0 Å². The summed E-state index contributed by atoms with van der Waals surface area (Å²) in [6.07, 6.45) is 12.0. The highest BCUT2D eigenvalue weighted by Gasteiger charge is 2.30. The molecule has 2 radical (unpaired) electrons. The van der Waals surface area contributed by atoms with Crippen LogP contribution in [0.4, 0.5) is 0 Å². The second-order valence-electron chi connectivity index (χ2n) is 14.6. The molecule has 0 unspecified atom stereocenters. The molecule has 0 aliphatic rings. The lowest BCUT2D eigenvalue weighted by atomic mass is 9.71. The molecule has 0 aromatic heterocycles. The topological polar surface area (TPSA) is 73.8 Å². The Morgan fingerprint density at radius 2 is 0.655 bits per heavy atom. The van der Waals surface area contributed by atoms with Crippen LogP contribution in [0.25, 0.3) is 0 Å². The molecule has 0 heterocycles. The summed E-state index contributed by atoms with van der Waals surface area (Å²) >= 11 is 0. The van der Waals surface area contributed by atoms with Gasteiger partial charge in [-0.1, -0.05) is 91.5 Å². The van der Waals surface area contributed by atoms with Gasteiger partial charge in [0.25, 0.3) is 0 Å². The van der Waals surface area contributed by atoms with Gasteiger partial charge in [-0.15, -0.1) is 0 Å². The summed E-state index contributed by atoms with van der Waals surface area (Å²) < 4.78 is 47.3. The molecule has 0 bridgehead atoms. The van der Waals surface area contributed by atoms with Gasteiger partial charge in [0.2, 0.25) is 0 Å². The first-order valence-electron chi connectivity index (χ1n) is 21.7. The highest BCUT2D eigenvalue weighted by atomic mass is 16.5. The minimum atomic E-state index is -0.313. The first-order chi connectivity index (χ1) is 27.0. The first-order valence-corrected chi connectivity index (χ1v) is 21.7. The highest BCUT2D eigenvalue weighted by Crippen LogP contribution is 2.38. The minimum absolute atomic E-state index is 0.313. The zero-order valence-electron chi connectivity index (χ0n) is 35.9. The Morgan fingerprint density at radius 3 is 0.945 bits per heavy atom. The Kier molecular flexibility index (Phi) is 29.7. The average molecular weight is 771 g/mol. The molecule has 0 fully saturated rings. The van der Waals surface area contributed by atoms with Crippen molar-refractivity contribution in [1.82, 2.24) is 0 Å². The molecule has 0 spiro atoms. The smallest absolute Gasteiger partial charge is 0.0700 e. The minimum Gasteiger partial charge on any atom is -0.379 e. The fourth-order valence-corrected chi connectivity index (χ4v) is 6.46. The van der Waals surface area contributed by atoms with Crippen LogP contribution in [0.3, 0.4) is 0 Å². The zero-order valence-corrected chi connectivity index (χ0v) is 35.9. The van der Waals surface area contributed by atoms with Crippen molar-refractivity contribution in [3.63, 3.8) is 0 Å². The molecule has 0 atom stereocenters. The summed E-state index contributed by atoms with van der Waals surface area (Å²) in [4.78, 5) is 0. The molecule has 0 amide bonds. The van der Waals surface area contributed by atoms with Crippen molar-refractivity contribution < 1.29 is 37.9 Å². The molecule has 2 aromatic rings. The van der Waals surface area contributed by atoms with Gasteiger partial charge in [-0.25, -0.2) is 0 Å². The Hall–Kier alpha value is -1.88. The molecule has 0 aliphatic carbocycles. The van der Waals surface area contributed by atoms with Crippen LogP contribution in [0.2, 0.25) is 0 Å². The molecule has 0 saturated heterocycles. The van der Waals surface area contributed by atoms with Crippen LogP contribution in [0.5, 0.6) is 0 Å². The SMILES string of the molecule is CCCCOCCOCCc1[c]ccc(C(C)(C)c2cc[c]c(CCOCCOCCCC)c2CCOCCOCCCC)c1CCOCCOCCCC. The quantitative estimate of drug-likeness (QED) is 0.0627. The third kappa shape index (κ3) is 21.5. The van der Waals surface area contributed by atoms with Crippen LogP contribution < -0.4 is 0 Å². The van der Waals surface area contributed by atoms with Crippen LogP contribution >= 0.6 is 0 Å². The van der Waals surface area contributed by atoms with E-state index in [4.69, 9.17) is 37.9 Å². The number of hydrogen-bond acceptors (Lipinski definition) is 8. The maximum absolute atomic E-state index is 6.14. The van der Waals surface area contributed by atoms with Crippen LogP contribution in [-0.2, 0) is 69.0 Å². The van der Waals surface area contributed by atoms with Crippen molar-refractivity contribution >= 4 is 0 Å². The van der Waals surface area contributed by atoms with Crippen molar-refractivity contribution in [3.05, 3.63) is 69.8 Å². The third-order valence-corrected chi connectivity index (χ3v) is 9.78. The Labute approximate surface area is 336 Å². The van der Waals surface area contributed by atoms with Gasteiger partial charge < -0.3 is 37.9 Å². The summed E-state index contributed by atoms with van der Waals surface area (Å²) in [7, 11) is 0. The largest absolute Gasteiger partial charge is 0.379 e. The van der Waals surface area contributed by atoms with Crippen LogP contribution in [0.15, 0.2) is 24.3 Å². The predicted octanol–water partition coefficient (Wildman–Crippen LogP) is 9.12. The summed E-state index contributed by atoms with van der Waals surface area (Å²) in [5, 5.41) is 0. The van der Waals surface area contributed by atoms with E-state index in [0.29, 0.717) is 79.3 Å². The number of rotatable bonds is 38. The van der Waals surface area contributed by atoms with Crippen LogP contribution in [-0.4, -0.2) is 106 Å². The van der Waals surface area contributed by atoms with E-state index in [2.05, 4.69) is 77.9 Å². The molecule has 2 aromatic carbocycles. The lowest BCUT2D eigenvalue weighted by Crippen LogP contribution is -2.26. The second kappa shape index (κ2) is 33.1. The molecule has 0 aliphatic heterocycles. The van der Waals surface area contributed by atoms with Gasteiger partial charge in [0, 0.05) is 31.8 Å². The van der Waals surface area contributed by atoms with E-state index < -0.39 is 0 Å². The number of unbranched alkanes of at least 4 members (excludes halogenated alkanes) is 4. The van der Waals surface area contributed by atoms with Gasteiger partial charge >= 0.3 is 0 Å². The van der Waals surface area contributed by atoms with E-state index in [0.717, 1.165) is 103 Å². The highest BCUT2D eigenvalue weighted by molar-refractivity contribution is 5.50. The summed E-state index contributed by atoms with van der Waals surface area (Å²) in [6, 6.07) is 15.8. The van der Waals surface area contributed by atoms with E-state index >= 15 is 0 Å². The predicted molar refractivity (Wildman–Crippen MR) is 224 cm³/mol. The summed E-state index contributed by atoms with van der Waals surface area (Å²) in [6.45, 7) is 23.9. The normalized spacial score (nSPS) is 11.9. The van der Waals surface area contributed by atoms with E-state index in [9.17, 15) is 0 Å². The standard InChI is InChI=1S/C47H78O8/c1-7-11-25-48-33-37-52-29-21-41-17-15-19-45(43(41)23-31-54-39-35-50-27-13-9-3)47(5,6)46-20-16-18-42(22-30-53-38-34-49-26-12-8-2)44(46)24-32-55-40-36-51-28-14-10-4/h15-16,19-20H,7-14,21-40H2,1-6H3. The molecular formula is C47H78O8. The molecule has 314 valence electrons. The maximum Gasteiger partial charge on any atom is 0.0700 e. The molecule has 2 rings (SSSR count). The van der Waals surface area contributed by atoms with Crippen molar-refractivity contribution in [2.24, 2.45) is 0 Å². The molecular weight excluding hydrogens is 693 g/mol. The fraction of sp³-hybridized carbons (Fsp3) is 0.745. The van der Waals surface area contributed by atoms with E-state index in [1.165, 1.54) is 33.4 Å². The second-order valence-corrected chi connectivity index (χ2v) is 14.6. The van der Waals surface area contributed by atoms with Crippen molar-refractivity contribution in [2.75, 3.05) is 106 Å². The van der Waals surface area contributed by atoms with Gasteiger partial charge in [-0.3, -0.25) is 0 Å². The van der Waals surface area contributed by atoms with Crippen molar-refractivity contribution in [2.45, 2.75) is 124 Å². The lowest BCUT2D eigenvalue weighted by Gasteiger charge is -2.33. The summed E-state index contributed by atoms with van der Waals surface area (Å²) in [5.41, 5.74) is 7.21. The van der Waals surface area contributed by atoms with E-state index in [1.807, 2.05) is 0 Å². The molecule has 55 heavy (non-hydrogen) atoms. The van der Waals surface area contributed by atoms with Gasteiger partial charge in [0.05, 0.1) is 79.3 Å². The van der Waals surface area contributed by atoms with Crippen molar-refractivity contribution in [1.29, 1.82) is 0 Å². The first kappa shape index (κ1) is 49.3. The lowest BCUT2D eigenvalue weighted by molar-refractivity contribution is 0.0465. The Balaban J connectivity index is 2.29. The Morgan fingerprint density at radius 1 is 0.382 bits per heavy atom. The van der Waals surface area contributed by atoms with E-state index in [1.54, 1.807) is 0 Å². The van der Waals surface area contributed by atoms with Gasteiger partial charge in [-0.05, 0) is 96.9 Å². The summed E-state index contributed by atoms with van der Waals surface area (Å²) in [5.74, 6) is 0.